The average molecular weight is 397 g/mol. The summed E-state index contributed by atoms with van der Waals surface area (Å²) in [6, 6.07) is 12.6. The fourth-order valence-corrected chi connectivity index (χ4v) is 3.93. The third-order valence-electron chi connectivity index (χ3n) is 5.46. The minimum atomic E-state index is -0.238. The maximum Gasteiger partial charge on any atom is 0.224 e. The van der Waals surface area contributed by atoms with Crippen LogP contribution in [0.5, 0.6) is 0 Å². The Morgan fingerprint density at radius 3 is 2.17 bits per heavy atom. The molecule has 0 aliphatic carbocycles. The van der Waals surface area contributed by atoms with Crippen LogP contribution in [0.2, 0.25) is 0 Å². The van der Waals surface area contributed by atoms with Crippen LogP contribution in [0.4, 0.5) is 15.8 Å². The first-order valence-electron chi connectivity index (χ1n) is 10.00. The van der Waals surface area contributed by atoms with E-state index in [9.17, 15) is 14.0 Å². The number of hydrogen-bond acceptors (Lipinski definition) is 3. The number of amides is 2. The predicted octanol–water partition coefficient (Wildman–Crippen LogP) is 3.53. The molecule has 6 heteroatoms. The van der Waals surface area contributed by atoms with Gasteiger partial charge in [0.05, 0.1) is 5.69 Å². The average Bonchev–Trinajstić information content (AvgIpc) is 2.70. The summed E-state index contributed by atoms with van der Waals surface area (Å²) in [5.41, 5.74) is 3.51. The van der Waals surface area contributed by atoms with Crippen molar-refractivity contribution >= 4 is 23.2 Å². The van der Waals surface area contributed by atoms with Gasteiger partial charge in [0.1, 0.15) is 5.82 Å². The molecular formula is C23H28FN3O2. The molecule has 154 valence electrons. The molecule has 1 fully saturated rings. The molecule has 0 aromatic heterocycles. The number of halogens is 1. The van der Waals surface area contributed by atoms with Crippen molar-refractivity contribution in [2.24, 2.45) is 0 Å². The molecule has 0 bridgehead atoms. The lowest BCUT2D eigenvalue weighted by atomic mass is 10.1. The van der Waals surface area contributed by atoms with E-state index in [1.165, 1.54) is 13.0 Å². The maximum atomic E-state index is 14.0. The summed E-state index contributed by atoms with van der Waals surface area (Å²) in [5.74, 6) is -0.284. The highest BCUT2D eigenvalue weighted by atomic mass is 19.1. The van der Waals surface area contributed by atoms with Gasteiger partial charge in [-0.15, -0.1) is 0 Å². The van der Waals surface area contributed by atoms with Crippen molar-refractivity contribution in [2.75, 3.05) is 42.5 Å². The Balaban J connectivity index is 1.59. The van der Waals surface area contributed by atoms with Crippen molar-refractivity contribution in [1.82, 2.24) is 4.90 Å². The topological polar surface area (TPSA) is 43.9 Å². The lowest BCUT2D eigenvalue weighted by Gasteiger charge is -2.36. The molecule has 5 nitrogen and oxygen atoms in total. The summed E-state index contributed by atoms with van der Waals surface area (Å²) < 4.78 is 14.0. The van der Waals surface area contributed by atoms with E-state index in [-0.39, 0.29) is 24.1 Å². The highest BCUT2D eigenvalue weighted by Gasteiger charge is 2.24. The molecule has 1 heterocycles. The SMILES string of the molecule is CC(=O)N(CCC(=O)N1CCN(c2ccccc2F)CC1)c1c(C)cccc1C. The number of carbonyl (C=O) groups excluding carboxylic acids is 2. The molecule has 29 heavy (non-hydrogen) atoms. The monoisotopic (exact) mass is 397 g/mol. The number of piperazine rings is 1. The zero-order valence-corrected chi connectivity index (χ0v) is 17.3. The Morgan fingerprint density at radius 2 is 1.59 bits per heavy atom. The second kappa shape index (κ2) is 9.07. The van der Waals surface area contributed by atoms with E-state index in [1.54, 1.807) is 21.9 Å². The number of hydrogen-bond donors (Lipinski definition) is 0. The molecule has 0 atom stereocenters. The van der Waals surface area contributed by atoms with E-state index in [1.807, 2.05) is 43.0 Å². The first-order valence-corrected chi connectivity index (χ1v) is 10.00. The van der Waals surface area contributed by atoms with Crippen LogP contribution in [0.3, 0.4) is 0 Å². The van der Waals surface area contributed by atoms with Crippen LogP contribution in [0.15, 0.2) is 42.5 Å². The predicted molar refractivity (Wildman–Crippen MR) is 114 cm³/mol. The van der Waals surface area contributed by atoms with Gasteiger partial charge in [-0.3, -0.25) is 9.59 Å². The zero-order chi connectivity index (χ0) is 21.0. The quantitative estimate of drug-likeness (QED) is 0.775. The summed E-state index contributed by atoms with van der Waals surface area (Å²) in [6.45, 7) is 8.13. The van der Waals surface area contributed by atoms with E-state index in [2.05, 4.69) is 0 Å². The Kier molecular flexibility index (Phi) is 6.52. The summed E-state index contributed by atoms with van der Waals surface area (Å²) >= 11 is 0. The van der Waals surface area contributed by atoms with Crippen LogP contribution in [0.25, 0.3) is 0 Å². The third kappa shape index (κ3) is 4.75. The lowest BCUT2D eigenvalue weighted by molar-refractivity contribution is -0.131. The lowest BCUT2D eigenvalue weighted by Crippen LogP contribution is -2.49. The summed E-state index contributed by atoms with van der Waals surface area (Å²) in [4.78, 5) is 30.4. The van der Waals surface area contributed by atoms with E-state index in [0.717, 1.165) is 16.8 Å². The van der Waals surface area contributed by atoms with Crippen molar-refractivity contribution in [3.8, 4) is 0 Å². The van der Waals surface area contributed by atoms with Gasteiger partial charge >= 0.3 is 0 Å². The van der Waals surface area contributed by atoms with Gasteiger partial charge in [0, 0.05) is 51.8 Å². The molecular weight excluding hydrogens is 369 g/mol. The molecule has 2 aromatic carbocycles. The first kappa shape index (κ1) is 20.8. The molecule has 0 radical (unpaired) electrons. The number of nitrogens with zero attached hydrogens (tertiary/aromatic N) is 3. The molecule has 3 rings (SSSR count). The molecule has 1 aliphatic heterocycles. The van der Waals surface area contributed by atoms with Crippen LogP contribution in [0.1, 0.15) is 24.5 Å². The number of benzene rings is 2. The van der Waals surface area contributed by atoms with Crippen molar-refractivity contribution in [3.63, 3.8) is 0 Å². The Morgan fingerprint density at radius 1 is 0.966 bits per heavy atom. The normalized spacial score (nSPS) is 14.1. The maximum absolute atomic E-state index is 14.0. The Hall–Kier alpha value is -2.89. The molecule has 2 amide bonds. The number of rotatable bonds is 5. The van der Waals surface area contributed by atoms with Gasteiger partial charge in [-0.2, -0.15) is 0 Å². The first-order chi connectivity index (χ1) is 13.9. The number of para-hydroxylation sites is 2. The summed E-state index contributed by atoms with van der Waals surface area (Å²) in [7, 11) is 0. The van der Waals surface area contributed by atoms with Crippen molar-refractivity contribution in [1.29, 1.82) is 0 Å². The van der Waals surface area contributed by atoms with Gasteiger partial charge in [-0.25, -0.2) is 4.39 Å². The van der Waals surface area contributed by atoms with Gasteiger partial charge in [0.25, 0.3) is 0 Å². The largest absolute Gasteiger partial charge is 0.366 e. The van der Waals surface area contributed by atoms with Crippen LogP contribution in [0, 0.1) is 19.7 Å². The van der Waals surface area contributed by atoms with E-state index in [4.69, 9.17) is 0 Å². The fourth-order valence-electron chi connectivity index (χ4n) is 3.93. The summed E-state index contributed by atoms with van der Waals surface area (Å²) in [5, 5.41) is 0. The van der Waals surface area contributed by atoms with Crippen molar-refractivity contribution < 1.29 is 14.0 Å². The molecule has 0 N–H and O–H groups in total. The van der Waals surface area contributed by atoms with E-state index >= 15 is 0 Å². The Labute approximate surface area is 171 Å². The second-order valence-corrected chi connectivity index (χ2v) is 7.48. The molecule has 1 aliphatic rings. The standard InChI is InChI=1S/C23H28FN3O2/c1-17-7-6-8-18(2)23(17)27(19(3)28)12-11-22(29)26-15-13-25(14-16-26)21-10-5-4-9-20(21)24/h4-10H,11-16H2,1-3H3. The molecule has 0 unspecified atom stereocenters. The van der Waals surface area contributed by atoms with Crippen molar-refractivity contribution in [2.45, 2.75) is 27.2 Å². The second-order valence-electron chi connectivity index (χ2n) is 7.48. The molecule has 2 aromatic rings. The van der Waals surface area contributed by atoms with Crippen LogP contribution < -0.4 is 9.80 Å². The Bertz CT molecular complexity index is 871. The molecule has 0 saturated carbocycles. The summed E-state index contributed by atoms with van der Waals surface area (Å²) in [6.07, 6.45) is 0.271. The number of aryl methyl sites for hydroxylation is 2. The molecule has 1 saturated heterocycles. The third-order valence-corrected chi connectivity index (χ3v) is 5.46. The van der Waals surface area contributed by atoms with Crippen LogP contribution >= 0.6 is 0 Å². The number of carbonyl (C=O) groups is 2. The molecule has 0 spiro atoms. The van der Waals surface area contributed by atoms with Gasteiger partial charge in [0.2, 0.25) is 11.8 Å². The van der Waals surface area contributed by atoms with Crippen molar-refractivity contribution in [3.05, 3.63) is 59.4 Å². The highest BCUT2D eigenvalue weighted by Crippen LogP contribution is 2.25. The van der Waals surface area contributed by atoms with Crippen LogP contribution in [-0.4, -0.2) is 49.4 Å². The van der Waals surface area contributed by atoms with Gasteiger partial charge in [0.15, 0.2) is 0 Å². The zero-order valence-electron chi connectivity index (χ0n) is 17.3. The van der Waals surface area contributed by atoms with Gasteiger partial charge in [-0.05, 0) is 37.1 Å². The number of anilines is 2. The minimum absolute atomic E-state index is 0.0238. The van der Waals surface area contributed by atoms with Gasteiger partial charge in [-0.1, -0.05) is 30.3 Å². The minimum Gasteiger partial charge on any atom is -0.366 e. The highest BCUT2D eigenvalue weighted by molar-refractivity contribution is 5.94. The fraction of sp³-hybridized carbons (Fsp3) is 0.391. The van der Waals surface area contributed by atoms with E-state index < -0.39 is 0 Å². The van der Waals surface area contributed by atoms with Crippen LogP contribution in [-0.2, 0) is 9.59 Å². The van der Waals surface area contributed by atoms with E-state index in [0.29, 0.717) is 38.4 Å². The van der Waals surface area contributed by atoms with Gasteiger partial charge < -0.3 is 14.7 Å². The smallest absolute Gasteiger partial charge is 0.224 e.